The molecule has 0 bridgehead atoms. The van der Waals surface area contributed by atoms with E-state index < -0.39 is 10.0 Å². The van der Waals surface area contributed by atoms with E-state index in [1.165, 1.54) is 0 Å². The van der Waals surface area contributed by atoms with Crippen molar-refractivity contribution in [1.29, 1.82) is 0 Å². The summed E-state index contributed by atoms with van der Waals surface area (Å²) in [6.45, 7) is 0. The third-order valence-corrected chi connectivity index (χ3v) is 3.87. The normalized spacial score (nSPS) is 11.8. The van der Waals surface area contributed by atoms with Crippen LogP contribution in [0.5, 0.6) is 0 Å². The Morgan fingerprint density at radius 3 is 2.88 bits per heavy atom. The lowest BCUT2D eigenvalue weighted by Gasteiger charge is -2.06. The molecule has 0 unspecified atom stereocenters. The average molecular weight is 259 g/mol. The quantitative estimate of drug-likeness (QED) is 0.826. The third kappa shape index (κ3) is 2.48. The Labute approximate surface area is 98.7 Å². The number of alkyl halides is 1. The summed E-state index contributed by atoms with van der Waals surface area (Å²) in [4.78, 5) is 3.04. The molecule has 0 aliphatic rings. The maximum absolute atomic E-state index is 11.5. The third-order valence-electron chi connectivity index (χ3n) is 2.17. The number of benzene rings is 1. The molecular formula is C10H11ClN2O2S. The lowest BCUT2D eigenvalue weighted by atomic mass is 10.2. The number of anilines is 1. The molecule has 0 radical (unpaired) electrons. The molecule has 16 heavy (non-hydrogen) atoms. The molecule has 0 spiro atoms. The molecule has 1 aromatic heterocycles. The average Bonchev–Trinajstić information content (AvgIpc) is 2.63. The summed E-state index contributed by atoms with van der Waals surface area (Å²) >= 11 is 5.41. The number of H-pyrrole nitrogens is 1. The van der Waals surface area contributed by atoms with Gasteiger partial charge >= 0.3 is 0 Å². The van der Waals surface area contributed by atoms with Crippen LogP contribution in [-0.4, -0.2) is 25.0 Å². The first kappa shape index (κ1) is 11.3. The summed E-state index contributed by atoms with van der Waals surface area (Å²) in [7, 11) is -3.33. The fraction of sp³-hybridized carbons (Fsp3) is 0.200. The molecule has 4 nitrogen and oxygen atoms in total. The first-order chi connectivity index (χ1) is 7.61. The zero-order valence-electron chi connectivity index (χ0n) is 8.40. The van der Waals surface area contributed by atoms with Crippen molar-refractivity contribution >= 4 is 38.2 Å². The minimum absolute atomic E-state index is 0.0836. The molecule has 1 heterocycles. The largest absolute Gasteiger partial charge is 0.361 e. The van der Waals surface area contributed by atoms with Gasteiger partial charge in [-0.05, 0) is 24.3 Å². The van der Waals surface area contributed by atoms with Gasteiger partial charge in [-0.25, -0.2) is 8.42 Å². The first-order valence-corrected chi connectivity index (χ1v) is 6.93. The molecule has 0 amide bonds. The van der Waals surface area contributed by atoms with Gasteiger partial charge in [-0.1, -0.05) is 0 Å². The zero-order valence-corrected chi connectivity index (χ0v) is 9.98. The number of hydrogen-bond donors (Lipinski definition) is 2. The second-order valence-corrected chi connectivity index (χ2v) is 5.61. The van der Waals surface area contributed by atoms with Crippen molar-refractivity contribution < 1.29 is 8.42 Å². The molecular weight excluding hydrogens is 248 g/mol. The van der Waals surface area contributed by atoms with Gasteiger partial charge in [0, 0.05) is 28.7 Å². The number of nitrogens with one attached hydrogen (secondary N) is 2. The summed E-state index contributed by atoms with van der Waals surface area (Å²) in [5.41, 5.74) is 1.53. The maximum atomic E-state index is 11.5. The highest BCUT2D eigenvalue weighted by Gasteiger charge is 2.09. The van der Waals surface area contributed by atoms with Crippen LogP contribution in [0, 0.1) is 0 Å². The van der Waals surface area contributed by atoms with Crippen LogP contribution in [0.25, 0.3) is 10.9 Å². The second kappa shape index (κ2) is 4.35. The van der Waals surface area contributed by atoms with Crippen LogP contribution >= 0.6 is 11.6 Å². The molecule has 0 aliphatic heterocycles. The van der Waals surface area contributed by atoms with Gasteiger partial charge in [0.2, 0.25) is 10.0 Å². The minimum atomic E-state index is -3.33. The summed E-state index contributed by atoms with van der Waals surface area (Å²) in [5.74, 6) is 0.00145. The van der Waals surface area contributed by atoms with E-state index in [1.54, 1.807) is 12.1 Å². The van der Waals surface area contributed by atoms with Crippen molar-refractivity contribution in [2.75, 3.05) is 16.4 Å². The van der Waals surface area contributed by atoms with Crippen LogP contribution in [-0.2, 0) is 10.0 Å². The summed E-state index contributed by atoms with van der Waals surface area (Å²) < 4.78 is 25.4. The number of sulfonamides is 1. The summed E-state index contributed by atoms with van der Waals surface area (Å²) in [5, 5.41) is 0.964. The standard InChI is InChI=1S/C10H11ClN2O2S/c11-4-6-16(14,15)13-9-1-2-10-8(7-9)3-5-12-10/h1-3,5,7,12-13H,4,6H2. The van der Waals surface area contributed by atoms with E-state index in [1.807, 2.05) is 18.3 Å². The molecule has 86 valence electrons. The van der Waals surface area contributed by atoms with Gasteiger partial charge < -0.3 is 4.98 Å². The van der Waals surface area contributed by atoms with Gasteiger partial charge in [0.25, 0.3) is 0 Å². The topological polar surface area (TPSA) is 62.0 Å². The van der Waals surface area contributed by atoms with Gasteiger partial charge in [0.05, 0.1) is 5.75 Å². The molecule has 2 rings (SSSR count). The molecule has 0 fully saturated rings. The number of rotatable bonds is 4. The molecule has 6 heteroatoms. The van der Waals surface area contributed by atoms with Crippen LogP contribution in [0.2, 0.25) is 0 Å². The van der Waals surface area contributed by atoms with Gasteiger partial charge in [0.1, 0.15) is 0 Å². The molecule has 0 aliphatic carbocycles. The number of aromatic amines is 1. The Kier molecular flexibility index (Phi) is 3.07. The minimum Gasteiger partial charge on any atom is -0.361 e. The van der Waals surface area contributed by atoms with Gasteiger partial charge in [0.15, 0.2) is 0 Å². The molecule has 0 saturated carbocycles. The summed E-state index contributed by atoms with van der Waals surface area (Å²) in [6, 6.07) is 7.20. The van der Waals surface area contributed by atoms with Crippen molar-refractivity contribution in [1.82, 2.24) is 4.98 Å². The van der Waals surface area contributed by atoms with E-state index in [2.05, 4.69) is 9.71 Å². The van der Waals surface area contributed by atoms with Gasteiger partial charge in [-0.2, -0.15) is 0 Å². The van der Waals surface area contributed by atoms with Crippen molar-refractivity contribution in [3.63, 3.8) is 0 Å². The van der Waals surface area contributed by atoms with Crippen molar-refractivity contribution in [3.8, 4) is 0 Å². The molecule has 0 saturated heterocycles. The Hall–Kier alpha value is -1.20. The Morgan fingerprint density at radius 1 is 1.31 bits per heavy atom. The van der Waals surface area contributed by atoms with Crippen LogP contribution in [0.3, 0.4) is 0 Å². The highest BCUT2D eigenvalue weighted by Crippen LogP contribution is 2.18. The van der Waals surface area contributed by atoms with Crippen LogP contribution in [0.4, 0.5) is 5.69 Å². The number of aromatic nitrogens is 1. The Morgan fingerprint density at radius 2 is 2.12 bits per heavy atom. The first-order valence-electron chi connectivity index (χ1n) is 4.74. The lowest BCUT2D eigenvalue weighted by Crippen LogP contribution is -2.17. The van der Waals surface area contributed by atoms with E-state index in [9.17, 15) is 8.42 Å². The van der Waals surface area contributed by atoms with Gasteiger partial charge in [-0.3, -0.25) is 4.72 Å². The predicted octanol–water partition coefficient (Wildman–Crippen LogP) is 2.15. The van der Waals surface area contributed by atoms with Crippen LogP contribution < -0.4 is 4.72 Å². The van der Waals surface area contributed by atoms with Crippen molar-refractivity contribution in [2.24, 2.45) is 0 Å². The molecule has 1 aromatic carbocycles. The Bertz CT molecular complexity index is 592. The molecule has 2 aromatic rings. The fourth-order valence-electron chi connectivity index (χ4n) is 1.45. The van der Waals surface area contributed by atoms with Crippen molar-refractivity contribution in [2.45, 2.75) is 0 Å². The van der Waals surface area contributed by atoms with Crippen LogP contribution in [0.1, 0.15) is 0 Å². The van der Waals surface area contributed by atoms with Crippen molar-refractivity contribution in [3.05, 3.63) is 30.5 Å². The molecule has 2 N–H and O–H groups in total. The van der Waals surface area contributed by atoms with E-state index in [4.69, 9.17) is 11.6 Å². The maximum Gasteiger partial charge on any atom is 0.233 e. The van der Waals surface area contributed by atoms with Crippen LogP contribution in [0.15, 0.2) is 30.5 Å². The molecule has 0 atom stereocenters. The SMILES string of the molecule is O=S(=O)(CCCl)Nc1ccc2[nH]ccc2c1. The number of halogens is 1. The van der Waals surface area contributed by atoms with E-state index in [0.29, 0.717) is 5.69 Å². The predicted molar refractivity (Wildman–Crippen MR) is 66.4 cm³/mol. The number of hydrogen-bond acceptors (Lipinski definition) is 2. The zero-order chi connectivity index (χ0) is 11.6. The summed E-state index contributed by atoms with van der Waals surface area (Å²) in [6.07, 6.45) is 1.81. The number of fused-ring (bicyclic) bond motifs is 1. The smallest absolute Gasteiger partial charge is 0.233 e. The fourth-order valence-corrected chi connectivity index (χ4v) is 2.85. The van der Waals surface area contributed by atoms with E-state index in [0.717, 1.165) is 10.9 Å². The lowest BCUT2D eigenvalue weighted by molar-refractivity contribution is 0.602. The van der Waals surface area contributed by atoms with Gasteiger partial charge in [-0.15, -0.1) is 11.6 Å². The Balaban J connectivity index is 2.27. The van der Waals surface area contributed by atoms with E-state index in [-0.39, 0.29) is 11.6 Å². The highest BCUT2D eigenvalue weighted by atomic mass is 35.5. The highest BCUT2D eigenvalue weighted by molar-refractivity contribution is 7.92. The van der Waals surface area contributed by atoms with E-state index >= 15 is 0 Å². The second-order valence-electron chi connectivity index (χ2n) is 3.39. The monoisotopic (exact) mass is 258 g/mol.